The molecule has 0 amide bonds. The third-order valence-corrected chi connectivity index (χ3v) is 4.34. The standard InChI is InChI=1S/C22H18ClN3O3S/c1-28-19-12-8-18(9-13-19)25-22(30)26-24-14-15-2-10-20(11-3-15)29-21(27)16-4-6-17(23)7-5-16/h2-14H,1H3,(H2,25,26,30)/b24-14+. The van der Waals surface area contributed by atoms with E-state index in [0.717, 1.165) is 17.0 Å². The lowest BCUT2D eigenvalue weighted by atomic mass is 10.2. The summed E-state index contributed by atoms with van der Waals surface area (Å²) >= 11 is 11.0. The highest BCUT2D eigenvalue weighted by Crippen LogP contribution is 2.16. The van der Waals surface area contributed by atoms with Crippen molar-refractivity contribution in [1.82, 2.24) is 5.43 Å². The second kappa shape index (κ2) is 10.4. The van der Waals surface area contributed by atoms with E-state index in [1.807, 2.05) is 24.3 Å². The number of carbonyl (C=O) groups is 1. The maximum atomic E-state index is 12.1. The molecule has 0 aromatic heterocycles. The fraction of sp³-hybridized carbons (Fsp3) is 0.0455. The Morgan fingerprint density at radius 2 is 1.60 bits per heavy atom. The van der Waals surface area contributed by atoms with Crippen molar-refractivity contribution in [2.24, 2.45) is 5.10 Å². The summed E-state index contributed by atoms with van der Waals surface area (Å²) in [5.74, 6) is 0.737. The molecule has 0 aliphatic heterocycles. The van der Waals surface area contributed by atoms with E-state index < -0.39 is 5.97 Å². The number of hydrazone groups is 1. The number of hydrogen-bond donors (Lipinski definition) is 2. The van der Waals surface area contributed by atoms with Crippen molar-refractivity contribution in [3.05, 3.63) is 88.9 Å². The number of nitrogens with one attached hydrogen (secondary N) is 2. The van der Waals surface area contributed by atoms with Gasteiger partial charge in [-0.15, -0.1) is 0 Å². The van der Waals surface area contributed by atoms with Gasteiger partial charge in [0, 0.05) is 10.7 Å². The maximum absolute atomic E-state index is 12.1. The zero-order valence-electron chi connectivity index (χ0n) is 16.0. The summed E-state index contributed by atoms with van der Waals surface area (Å²) in [6.07, 6.45) is 1.60. The number of thiocarbonyl (C=S) groups is 1. The lowest BCUT2D eigenvalue weighted by Gasteiger charge is -2.07. The van der Waals surface area contributed by atoms with Crippen molar-refractivity contribution in [2.45, 2.75) is 0 Å². The lowest BCUT2D eigenvalue weighted by molar-refractivity contribution is 0.0735. The van der Waals surface area contributed by atoms with Crippen molar-refractivity contribution < 1.29 is 14.3 Å². The van der Waals surface area contributed by atoms with E-state index in [9.17, 15) is 4.79 Å². The second-order valence-corrected chi connectivity index (χ2v) is 6.86. The third-order valence-electron chi connectivity index (χ3n) is 3.90. The monoisotopic (exact) mass is 439 g/mol. The Balaban J connectivity index is 1.49. The van der Waals surface area contributed by atoms with Crippen molar-refractivity contribution in [1.29, 1.82) is 0 Å². The molecule has 2 N–H and O–H groups in total. The van der Waals surface area contributed by atoms with Crippen LogP contribution in [-0.2, 0) is 0 Å². The van der Waals surface area contributed by atoms with Gasteiger partial charge in [-0.1, -0.05) is 11.6 Å². The maximum Gasteiger partial charge on any atom is 0.343 e. The first-order valence-corrected chi connectivity index (χ1v) is 9.64. The van der Waals surface area contributed by atoms with Crippen LogP contribution in [0.3, 0.4) is 0 Å². The second-order valence-electron chi connectivity index (χ2n) is 6.02. The minimum absolute atomic E-state index is 0.352. The molecule has 0 saturated heterocycles. The van der Waals surface area contributed by atoms with E-state index in [1.54, 1.807) is 61.9 Å². The molecule has 6 nitrogen and oxygen atoms in total. The number of nitrogens with zero attached hydrogens (tertiary/aromatic N) is 1. The molecule has 8 heteroatoms. The van der Waals surface area contributed by atoms with Crippen molar-refractivity contribution >= 4 is 46.8 Å². The number of esters is 1. The van der Waals surface area contributed by atoms with E-state index >= 15 is 0 Å². The van der Waals surface area contributed by atoms with Crippen molar-refractivity contribution in [3.63, 3.8) is 0 Å². The van der Waals surface area contributed by atoms with E-state index in [1.165, 1.54) is 0 Å². The molecular weight excluding hydrogens is 422 g/mol. The van der Waals surface area contributed by atoms with Gasteiger partial charge < -0.3 is 14.8 Å². The Labute approximate surface area is 184 Å². The Morgan fingerprint density at radius 3 is 2.23 bits per heavy atom. The number of halogens is 1. The van der Waals surface area contributed by atoms with Gasteiger partial charge in [0.25, 0.3) is 0 Å². The van der Waals surface area contributed by atoms with Crippen LogP contribution in [0.15, 0.2) is 77.9 Å². The number of hydrogen-bond acceptors (Lipinski definition) is 5. The van der Waals surface area contributed by atoms with Gasteiger partial charge in [-0.3, -0.25) is 5.43 Å². The molecule has 0 unspecified atom stereocenters. The predicted molar refractivity (Wildman–Crippen MR) is 123 cm³/mol. The molecule has 0 saturated carbocycles. The normalized spacial score (nSPS) is 10.5. The molecule has 0 heterocycles. The Kier molecular flexibility index (Phi) is 7.37. The van der Waals surface area contributed by atoms with Crippen LogP contribution in [0, 0.1) is 0 Å². The van der Waals surface area contributed by atoms with E-state index in [2.05, 4.69) is 15.8 Å². The zero-order chi connectivity index (χ0) is 21.3. The van der Waals surface area contributed by atoms with Crippen LogP contribution in [0.25, 0.3) is 0 Å². The van der Waals surface area contributed by atoms with Crippen LogP contribution in [-0.4, -0.2) is 24.4 Å². The summed E-state index contributed by atoms with van der Waals surface area (Å²) < 4.78 is 10.5. The van der Waals surface area contributed by atoms with E-state index in [-0.39, 0.29) is 0 Å². The molecule has 0 aliphatic carbocycles. The molecule has 152 valence electrons. The van der Waals surface area contributed by atoms with Crippen LogP contribution < -0.4 is 20.2 Å². The number of carbonyl (C=O) groups excluding carboxylic acids is 1. The molecule has 30 heavy (non-hydrogen) atoms. The number of benzene rings is 3. The van der Waals surface area contributed by atoms with Gasteiger partial charge in [0.1, 0.15) is 11.5 Å². The summed E-state index contributed by atoms with van der Waals surface area (Å²) in [5, 5.41) is 8.02. The topological polar surface area (TPSA) is 71.9 Å². The quantitative estimate of drug-likeness (QED) is 0.187. The minimum atomic E-state index is -0.454. The highest BCUT2D eigenvalue weighted by atomic mass is 35.5. The molecule has 0 fully saturated rings. The minimum Gasteiger partial charge on any atom is -0.497 e. The molecule has 3 aromatic carbocycles. The first-order valence-electron chi connectivity index (χ1n) is 8.85. The fourth-order valence-electron chi connectivity index (χ4n) is 2.37. The fourth-order valence-corrected chi connectivity index (χ4v) is 2.67. The summed E-state index contributed by atoms with van der Waals surface area (Å²) in [6, 6.07) is 20.8. The molecule has 0 atom stereocenters. The van der Waals surface area contributed by atoms with Gasteiger partial charge in [-0.25, -0.2) is 4.79 Å². The van der Waals surface area contributed by atoms with E-state index in [4.69, 9.17) is 33.3 Å². The third kappa shape index (κ3) is 6.30. The molecular formula is C22H18ClN3O3S. The van der Waals surface area contributed by atoms with Gasteiger partial charge in [-0.2, -0.15) is 5.10 Å². The average Bonchev–Trinajstić information content (AvgIpc) is 2.76. The van der Waals surface area contributed by atoms with Crippen LogP contribution in [0.5, 0.6) is 11.5 Å². The van der Waals surface area contributed by atoms with Gasteiger partial charge in [0.15, 0.2) is 5.11 Å². The number of anilines is 1. The molecule has 0 spiro atoms. The molecule has 3 rings (SSSR count). The smallest absolute Gasteiger partial charge is 0.343 e. The summed E-state index contributed by atoms with van der Waals surface area (Å²) in [6.45, 7) is 0. The average molecular weight is 440 g/mol. The summed E-state index contributed by atoms with van der Waals surface area (Å²) in [4.78, 5) is 12.1. The van der Waals surface area contributed by atoms with Gasteiger partial charge in [-0.05, 0) is 90.6 Å². The van der Waals surface area contributed by atoms with Gasteiger partial charge in [0.2, 0.25) is 0 Å². The lowest BCUT2D eigenvalue weighted by Crippen LogP contribution is -2.23. The predicted octanol–water partition coefficient (Wildman–Crippen LogP) is 4.89. The molecule has 3 aromatic rings. The van der Waals surface area contributed by atoms with Crippen molar-refractivity contribution in [2.75, 3.05) is 12.4 Å². The number of ether oxygens (including phenoxy) is 2. The SMILES string of the molecule is COc1ccc(NC(=S)N/N=C/c2ccc(OC(=O)c3ccc(Cl)cc3)cc2)cc1. The summed E-state index contributed by atoms with van der Waals surface area (Å²) in [7, 11) is 1.61. The summed E-state index contributed by atoms with van der Waals surface area (Å²) in [5.41, 5.74) is 4.79. The van der Waals surface area contributed by atoms with Gasteiger partial charge >= 0.3 is 5.97 Å². The Morgan fingerprint density at radius 1 is 0.967 bits per heavy atom. The number of methoxy groups -OCH3 is 1. The van der Waals surface area contributed by atoms with Crippen molar-refractivity contribution in [3.8, 4) is 11.5 Å². The van der Waals surface area contributed by atoms with Crippen LogP contribution in [0.4, 0.5) is 5.69 Å². The number of rotatable bonds is 6. The highest BCUT2D eigenvalue weighted by Gasteiger charge is 2.08. The highest BCUT2D eigenvalue weighted by molar-refractivity contribution is 7.80. The Hall–Kier alpha value is -3.42. The molecule has 0 bridgehead atoms. The largest absolute Gasteiger partial charge is 0.497 e. The first kappa shape index (κ1) is 21.3. The molecule has 0 aliphatic rings. The zero-order valence-corrected chi connectivity index (χ0v) is 17.5. The van der Waals surface area contributed by atoms with Crippen LogP contribution >= 0.6 is 23.8 Å². The first-order chi connectivity index (χ1) is 14.5. The van der Waals surface area contributed by atoms with E-state index in [0.29, 0.717) is 21.4 Å². The molecule has 0 radical (unpaired) electrons. The van der Waals surface area contributed by atoms with Gasteiger partial charge in [0.05, 0.1) is 18.9 Å². The van der Waals surface area contributed by atoms with Crippen LogP contribution in [0.2, 0.25) is 5.02 Å². The Bertz CT molecular complexity index is 1040. The van der Waals surface area contributed by atoms with Crippen LogP contribution in [0.1, 0.15) is 15.9 Å².